The minimum atomic E-state index is -0.299. The van der Waals surface area contributed by atoms with Crippen LogP contribution < -0.4 is 15.7 Å². The fourth-order valence-electron chi connectivity index (χ4n) is 1.69. The maximum absolute atomic E-state index is 11.8. The fraction of sp³-hybridized carbons (Fsp3) is 0.308. The van der Waals surface area contributed by atoms with Gasteiger partial charge in [-0.15, -0.1) is 5.10 Å². The summed E-state index contributed by atoms with van der Waals surface area (Å²) in [6.07, 6.45) is 0. The summed E-state index contributed by atoms with van der Waals surface area (Å²) in [6.45, 7) is 0.392. The van der Waals surface area contributed by atoms with Crippen LogP contribution in [0.3, 0.4) is 0 Å². The van der Waals surface area contributed by atoms with Crippen LogP contribution in [0.15, 0.2) is 34.2 Å². The zero-order valence-electron chi connectivity index (χ0n) is 11.8. The average Bonchev–Trinajstić information content (AvgIpc) is 2.82. The summed E-state index contributed by atoms with van der Waals surface area (Å²) in [7, 11) is 3.19. The van der Waals surface area contributed by atoms with Crippen molar-refractivity contribution in [2.45, 2.75) is 11.7 Å². The van der Waals surface area contributed by atoms with Crippen molar-refractivity contribution in [1.29, 1.82) is 0 Å². The number of methoxy groups -OCH3 is 1. The van der Waals surface area contributed by atoms with Crippen molar-refractivity contribution in [3.8, 4) is 5.75 Å². The van der Waals surface area contributed by atoms with E-state index in [2.05, 4.69) is 15.5 Å². The van der Waals surface area contributed by atoms with Crippen molar-refractivity contribution in [3.05, 3.63) is 40.3 Å². The van der Waals surface area contributed by atoms with E-state index in [0.29, 0.717) is 11.7 Å². The topological polar surface area (TPSA) is 89.0 Å². The number of H-pyrrole nitrogens is 1. The molecule has 0 bridgehead atoms. The van der Waals surface area contributed by atoms with E-state index < -0.39 is 0 Å². The normalized spacial score (nSPS) is 10.4. The summed E-state index contributed by atoms with van der Waals surface area (Å²) in [5.74, 6) is 0.786. The molecule has 0 radical (unpaired) electrons. The first-order valence-electron chi connectivity index (χ1n) is 6.24. The van der Waals surface area contributed by atoms with Gasteiger partial charge in [0.1, 0.15) is 5.75 Å². The zero-order valence-corrected chi connectivity index (χ0v) is 12.6. The lowest BCUT2D eigenvalue weighted by Gasteiger charge is -2.09. The van der Waals surface area contributed by atoms with Gasteiger partial charge in [0.25, 0.3) is 0 Å². The highest BCUT2D eigenvalue weighted by Gasteiger charge is 2.09. The molecule has 0 aliphatic carbocycles. The molecule has 0 fully saturated rings. The van der Waals surface area contributed by atoms with Crippen LogP contribution in [-0.4, -0.2) is 33.5 Å². The molecule has 0 unspecified atom stereocenters. The third-order valence-electron chi connectivity index (χ3n) is 2.84. The van der Waals surface area contributed by atoms with E-state index in [-0.39, 0.29) is 17.3 Å². The van der Waals surface area contributed by atoms with Gasteiger partial charge in [-0.2, -0.15) is 0 Å². The van der Waals surface area contributed by atoms with Crippen LogP contribution in [-0.2, 0) is 18.4 Å². The maximum atomic E-state index is 11.8. The van der Waals surface area contributed by atoms with Crippen LogP contribution >= 0.6 is 11.8 Å². The predicted octanol–water partition coefficient (Wildman–Crippen LogP) is 0.525. The number of nitrogens with zero attached hydrogens (tertiary/aromatic N) is 2. The Morgan fingerprint density at radius 2 is 2.24 bits per heavy atom. The van der Waals surface area contributed by atoms with Crippen molar-refractivity contribution >= 4 is 17.7 Å². The summed E-state index contributed by atoms with van der Waals surface area (Å²) in [4.78, 5) is 23.0. The lowest BCUT2D eigenvalue weighted by atomic mass is 10.2. The van der Waals surface area contributed by atoms with Crippen molar-refractivity contribution in [2.75, 3.05) is 12.9 Å². The quantitative estimate of drug-likeness (QED) is 0.760. The smallest absolute Gasteiger partial charge is 0.343 e. The van der Waals surface area contributed by atoms with E-state index in [1.165, 1.54) is 16.3 Å². The molecule has 0 saturated heterocycles. The van der Waals surface area contributed by atoms with Gasteiger partial charge in [-0.3, -0.25) is 9.36 Å². The van der Waals surface area contributed by atoms with Gasteiger partial charge < -0.3 is 10.1 Å². The monoisotopic (exact) mass is 308 g/mol. The standard InChI is InChI=1S/C13H16N4O3S/c1-17-12(19)15-16-13(17)21-8-11(18)14-7-9-5-3-4-6-10(9)20-2/h3-6H,7-8H2,1-2H3,(H,14,18)(H,15,19). The van der Waals surface area contributed by atoms with Crippen LogP contribution in [0, 0.1) is 0 Å². The van der Waals surface area contributed by atoms with Crippen molar-refractivity contribution in [3.63, 3.8) is 0 Å². The molecular weight excluding hydrogens is 292 g/mol. The molecule has 0 spiro atoms. The first-order valence-corrected chi connectivity index (χ1v) is 7.23. The van der Waals surface area contributed by atoms with E-state index in [9.17, 15) is 9.59 Å². The lowest BCUT2D eigenvalue weighted by molar-refractivity contribution is -0.118. The van der Waals surface area contributed by atoms with Crippen LogP contribution in [0.25, 0.3) is 0 Å². The zero-order chi connectivity index (χ0) is 15.2. The molecule has 1 aromatic carbocycles. The van der Waals surface area contributed by atoms with Crippen LogP contribution in [0.5, 0.6) is 5.75 Å². The number of carbonyl (C=O) groups excluding carboxylic acids is 1. The highest BCUT2D eigenvalue weighted by molar-refractivity contribution is 7.99. The Morgan fingerprint density at radius 1 is 1.48 bits per heavy atom. The van der Waals surface area contributed by atoms with Gasteiger partial charge in [0, 0.05) is 19.2 Å². The number of benzene rings is 1. The van der Waals surface area contributed by atoms with Gasteiger partial charge >= 0.3 is 5.69 Å². The molecule has 0 atom stereocenters. The van der Waals surface area contributed by atoms with Crippen molar-refractivity contribution < 1.29 is 9.53 Å². The van der Waals surface area contributed by atoms with E-state index in [1.807, 2.05) is 24.3 Å². The number of carbonyl (C=O) groups is 1. The molecule has 7 nitrogen and oxygen atoms in total. The minimum absolute atomic E-state index is 0.138. The van der Waals surface area contributed by atoms with E-state index in [1.54, 1.807) is 14.2 Å². The van der Waals surface area contributed by atoms with E-state index >= 15 is 0 Å². The summed E-state index contributed by atoms with van der Waals surface area (Å²) in [5, 5.41) is 9.43. The van der Waals surface area contributed by atoms with E-state index in [0.717, 1.165) is 11.3 Å². The molecule has 2 N–H and O–H groups in total. The number of para-hydroxylation sites is 1. The molecule has 8 heteroatoms. The number of rotatable bonds is 6. The second-order valence-corrected chi connectivity index (χ2v) is 5.19. The Hall–Kier alpha value is -2.22. The Kier molecular flexibility index (Phi) is 5.04. The number of nitrogens with one attached hydrogen (secondary N) is 2. The predicted molar refractivity (Wildman–Crippen MR) is 79.4 cm³/mol. The van der Waals surface area contributed by atoms with Gasteiger partial charge in [-0.1, -0.05) is 30.0 Å². The number of thioether (sulfide) groups is 1. The van der Waals surface area contributed by atoms with Gasteiger partial charge in [-0.25, -0.2) is 9.89 Å². The third-order valence-corrected chi connectivity index (χ3v) is 3.87. The number of ether oxygens (including phenoxy) is 1. The largest absolute Gasteiger partial charge is 0.496 e. The SMILES string of the molecule is COc1ccccc1CNC(=O)CSc1n[nH]c(=O)n1C. The lowest BCUT2D eigenvalue weighted by Crippen LogP contribution is -2.25. The van der Waals surface area contributed by atoms with Crippen LogP contribution in [0.1, 0.15) is 5.56 Å². The molecule has 2 aromatic rings. The fourth-order valence-corrected chi connectivity index (χ4v) is 2.43. The van der Waals surface area contributed by atoms with Gasteiger partial charge in [0.05, 0.1) is 12.9 Å². The number of aromatic amines is 1. The molecule has 2 rings (SSSR count). The number of hydrogen-bond donors (Lipinski definition) is 2. The van der Waals surface area contributed by atoms with Crippen molar-refractivity contribution in [1.82, 2.24) is 20.1 Å². The van der Waals surface area contributed by atoms with E-state index in [4.69, 9.17) is 4.74 Å². The number of aromatic nitrogens is 3. The minimum Gasteiger partial charge on any atom is -0.496 e. The molecule has 0 aliphatic heterocycles. The summed E-state index contributed by atoms with van der Waals surface area (Å²) >= 11 is 1.20. The molecule has 1 amide bonds. The Labute approximate surface area is 125 Å². The first-order chi connectivity index (χ1) is 10.1. The second-order valence-electron chi connectivity index (χ2n) is 4.25. The van der Waals surface area contributed by atoms with Gasteiger partial charge in [0.2, 0.25) is 5.91 Å². The summed E-state index contributed by atoms with van der Waals surface area (Å²) in [6, 6.07) is 7.50. The molecule has 112 valence electrons. The Morgan fingerprint density at radius 3 is 2.90 bits per heavy atom. The van der Waals surface area contributed by atoms with Crippen LogP contribution in [0.2, 0.25) is 0 Å². The number of amides is 1. The molecule has 0 aliphatic rings. The molecule has 0 saturated carbocycles. The Balaban J connectivity index is 1.85. The van der Waals surface area contributed by atoms with Gasteiger partial charge in [0.15, 0.2) is 5.16 Å². The molecule has 1 aromatic heterocycles. The average molecular weight is 308 g/mol. The molecule has 21 heavy (non-hydrogen) atoms. The third kappa shape index (κ3) is 3.88. The van der Waals surface area contributed by atoms with Gasteiger partial charge in [-0.05, 0) is 6.07 Å². The van der Waals surface area contributed by atoms with Crippen LogP contribution in [0.4, 0.5) is 0 Å². The summed E-state index contributed by atoms with van der Waals surface area (Å²) < 4.78 is 6.58. The summed E-state index contributed by atoms with van der Waals surface area (Å²) in [5.41, 5.74) is 0.609. The highest BCUT2D eigenvalue weighted by atomic mass is 32.2. The second kappa shape index (κ2) is 6.98. The first kappa shape index (κ1) is 15.2. The maximum Gasteiger partial charge on any atom is 0.343 e. The Bertz CT molecular complexity index is 680. The van der Waals surface area contributed by atoms with Crippen molar-refractivity contribution in [2.24, 2.45) is 7.05 Å². The highest BCUT2D eigenvalue weighted by Crippen LogP contribution is 2.17. The number of hydrogen-bond acceptors (Lipinski definition) is 5. The molecular formula is C13H16N4O3S. The molecule has 1 heterocycles.